The summed E-state index contributed by atoms with van der Waals surface area (Å²) in [6.45, 7) is 1.02. The largest absolute Gasteiger partial charge is 0.496 e. The van der Waals surface area contributed by atoms with Gasteiger partial charge in [0.2, 0.25) is 0 Å². The minimum absolute atomic E-state index is 0.102. The number of alkyl halides is 1. The molecule has 24 heavy (non-hydrogen) atoms. The summed E-state index contributed by atoms with van der Waals surface area (Å²) in [5, 5.41) is 0. The minimum Gasteiger partial charge on any atom is -0.496 e. The summed E-state index contributed by atoms with van der Waals surface area (Å²) in [6, 6.07) is 10.8. The number of carbonyl (C=O) groups is 1. The SMILES string of the molecule is COc1ccc(/C=C/C(=O)c2ccc3c(c2)OCCO3)cc1CCl. The first-order valence-corrected chi connectivity index (χ1v) is 8.09. The maximum absolute atomic E-state index is 12.3. The van der Waals surface area contributed by atoms with Crippen LogP contribution in [0.4, 0.5) is 0 Å². The number of halogens is 1. The summed E-state index contributed by atoms with van der Waals surface area (Å²) in [5.74, 6) is 2.26. The molecule has 2 aromatic rings. The van der Waals surface area contributed by atoms with Crippen LogP contribution in [-0.4, -0.2) is 26.1 Å². The zero-order valence-corrected chi connectivity index (χ0v) is 14.0. The van der Waals surface area contributed by atoms with E-state index in [0.29, 0.717) is 36.2 Å². The Morgan fingerprint density at radius 2 is 1.96 bits per heavy atom. The number of fused-ring (bicyclic) bond motifs is 1. The van der Waals surface area contributed by atoms with E-state index in [0.717, 1.165) is 16.9 Å². The van der Waals surface area contributed by atoms with Crippen LogP contribution in [0.15, 0.2) is 42.5 Å². The fraction of sp³-hybridized carbons (Fsp3) is 0.211. The first-order chi connectivity index (χ1) is 11.7. The van der Waals surface area contributed by atoms with Crippen molar-refractivity contribution in [2.45, 2.75) is 5.88 Å². The second-order valence-corrected chi connectivity index (χ2v) is 5.53. The molecular formula is C19H17ClO4. The second-order valence-electron chi connectivity index (χ2n) is 5.26. The van der Waals surface area contributed by atoms with Crippen molar-refractivity contribution in [3.8, 4) is 17.2 Å². The molecule has 2 aromatic carbocycles. The summed E-state index contributed by atoms with van der Waals surface area (Å²) in [6.07, 6.45) is 3.29. The van der Waals surface area contributed by atoms with E-state index in [1.54, 1.807) is 31.4 Å². The maximum Gasteiger partial charge on any atom is 0.185 e. The van der Waals surface area contributed by atoms with Crippen LogP contribution in [0, 0.1) is 0 Å². The molecule has 0 fully saturated rings. The molecule has 0 saturated heterocycles. The zero-order chi connectivity index (χ0) is 16.9. The lowest BCUT2D eigenvalue weighted by Crippen LogP contribution is -2.15. The smallest absolute Gasteiger partial charge is 0.185 e. The molecular weight excluding hydrogens is 328 g/mol. The van der Waals surface area contributed by atoms with Crippen LogP contribution in [-0.2, 0) is 5.88 Å². The molecule has 4 nitrogen and oxygen atoms in total. The molecule has 0 unspecified atom stereocenters. The predicted molar refractivity (Wildman–Crippen MR) is 93.3 cm³/mol. The van der Waals surface area contributed by atoms with E-state index < -0.39 is 0 Å². The third kappa shape index (κ3) is 3.54. The van der Waals surface area contributed by atoms with Gasteiger partial charge in [-0.1, -0.05) is 12.1 Å². The summed E-state index contributed by atoms with van der Waals surface area (Å²) in [7, 11) is 1.60. The van der Waals surface area contributed by atoms with Crippen molar-refractivity contribution in [1.29, 1.82) is 0 Å². The van der Waals surface area contributed by atoms with Gasteiger partial charge in [-0.3, -0.25) is 4.79 Å². The van der Waals surface area contributed by atoms with E-state index in [4.69, 9.17) is 25.8 Å². The third-order valence-corrected chi connectivity index (χ3v) is 3.99. The van der Waals surface area contributed by atoms with Crippen LogP contribution in [0.3, 0.4) is 0 Å². The lowest BCUT2D eigenvalue weighted by molar-refractivity contribution is 0.104. The molecule has 1 aliphatic heterocycles. The van der Waals surface area contributed by atoms with Crippen molar-refractivity contribution in [1.82, 2.24) is 0 Å². The molecule has 0 radical (unpaired) electrons. The van der Waals surface area contributed by atoms with E-state index in [-0.39, 0.29) is 5.78 Å². The first-order valence-electron chi connectivity index (χ1n) is 7.56. The fourth-order valence-corrected chi connectivity index (χ4v) is 2.68. The van der Waals surface area contributed by atoms with Crippen LogP contribution in [0.2, 0.25) is 0 Å². The Balaban J connectivity index is 1.78. The van der Waals surface area contributed by atoms with Gasteiger partial charge in [-0.2, -0.15) is 0 Å². The highest BCUT2D eigenvalue weighted by Gasteiger charge is 2.13. The van der Waals surface area contributed by atoms with Crippen molar-refractivity contribution in [2.24, 2.45) is 0 Å². The van der Waals surface area contributed by atoms with Gasteiger partial charge in [0.05, 0.1) is 13.0 Å². The van der Waals surface area contributed by atoms with Crippen LogP contribution >= 0.6 is 11.6 Å². The average molecular weight is 345 g/mol. The van der Waals surface area contributed by atoms with Gasteiger partial charge < -0.3 is 14.2 Å². The molecule has 0 saturated carbocycles. The molecule has 0 bridgehead atoms. The molecule has 0 N–H and O–H groups in total. The number of ketones is 1. The molecule has 5 heteroatoms. The van der Waals surface area contributed by atoms with Crippen molar-refractivity contribution in [3.63, 3.8) is 0 Å². The Labute approximate surface area is 145 Å². The number of ether oxygens (including phenoxy) is 3. The Kier molecular flexibility index (Phi) is 5.06. The van der Waals surface area contributed by atoms with Gasteiger partial charge >= 0.3 is 0 Å². The topological polar surface area (TPSA) is 44.8 Å². The molecule has 3 rings (SSSR count). The summed E-state index contributed by atoms with van der Waals surface area (Å²) < 4.78 is 16.2. The number of allylic oxidation sites excluding steroid dienone is 1. The van der Waals surface area contributed by atoms with Gasteiger partial charge in [0.15, 0.2) is 17.3 Å². The van der Waals surface area contributed by atoms with Gasteiger partial charge in [0.1, 0.15) is 19.0 Å². The molecule has 124 valence electrons. The third-order valence-electron chi connectivity index (χ3n) is 3.70. The Morgan fingerprint density at radius 1 is 1.17 bits per heavy atom. The number of rotatable bonds is 5. The van der Waals surface area contributed by atoms with Crippen LogP contribution in [0.1, 0.15) is 21.5 Å². The standard InChI is InChI=1S/C19H17ClO4/c1-22-17-6-3-13(10-15(17)12-20)2-5-16(21)14-4-7-18-19(11-14)24-9-8-23-18/h2-7,10-11H,8-9,12H2,1H3/b5-2+. The quantitative estimate of drug-likeness (QED) is 0.465. The van der Waals surface area contributed by atoms with E-state index >= 15 is 0 Å². The van der Waals surface area contributed by atoms with E-state index in [1.807, 2.05) is 18.2 Å². The van der Waals surface area contributed by atoms with Crippen LogP contribution < -0.4 is 14.2 Å². The second kappa shape index (κ2) is 7.41. The first kappa shape index (κ1) is 16.4. The van der Waals surface area contributed by atoms with Crippen LogP contribution in [0.5, 0.6) is 17.2 Å². The Morgan fingerprint density at radius 3 is 2.71 bits per heavy atom. The summed E-state index contributed by atoms with van der Waals surface area (Å²) in [4.78, 5) is 12.3. The van der Waals surface area contributed by atoms with Crippen molar-refractivity contribution in [2.75, 3.05) is 20.3 Å². The van der Waals surface area contributed by atoms with E-state index in [1.165, 1.54) is 6.08 Å². The minimum atomic E-state index is -0.102. The van der Waals surface area contributed by atoms with Crippen molar-refractivity contribution in [3.05, 3.63) is 59.2 Å². The van der Waals surface area contributed by atoms with Gasteiger partial charge in [-0.05, 0) is 42.0 Å². The summed E-state index contributed by atoms with van der Waals surface area (Å²) in [5.41, 5.74) is 2.33. The van der Waals surface area contributed by atoms with Crippen molar-refractivity contribution < 1.29 is 19.0 Å². The molecule has 0 aromatic heterocycles. The van der Waals surface area contributed by atoms with Crippen molar-refractivity contribution >= 4 is 23.5 Å². The zero-order valence-electron chi connectivity index (χ0n) is 13.3. The Bertz CT molecular complexity index is 783. The maximum atomic E-state index is 12.3. The van der Waals surface area contributed by atoms with Gasteiger partial charge in [-0.25, -0.2) is 0 Å². The van der Waals surface area contributed by atoms with Gasteiger partial charge in [-0.15, -0.1) is 11.6 Å². The monoisotopic (exact) mass is 344 g/mol. The highest BCUT2D eigenvalue weighted by molar-refractivity contribution is 6.17. The van der Waals surface area contributed by atoms with Gasteiger partial charge in [0, 0.05) is 11.1 Å². The molecule has 0 aliphatic carbocycles. The number of benzene rings is 2. The van der Waals surface area contributed by atoms with Crippen LogP contribution in [0.25, 0.3) is 6.08 Å². The lowest BCUT2D eigenvalue weighted by Gasteiger charge is -2.18. The van der Waals surface area contributed by atoms with E-state index in [9.17, 15) is 4.79 Å². The number of carbonyl (C=O) groups excluding carboxylic acids is 1. The fourth-order valence-electron chi connectivity index (χ4n) is 2.47. The highest BCUT2D eigenvalue weighted by Crippen LogP contribution is 2.31. The Hall–Kier alpha value is -2.46. The summed E-state index contributed by atoms with van der Waals surface area (Å²) >= 11 is 5.91. The molecule has 1 aliphatic rings. The average Bonchev–Trinajstić information content (AvgIpc) is 2.65. The number of hydrogen-bond acceptors (Lipinski definition) is 4. The lowest BCUT2D eigenvalue weighted by atomic mass is 10.1. The normalized spacial score (nSPS) is 13.1. The van der Waals surface area contributed by atoms with E-state index in [2.05, 4.69) is 0 Å². The molecule has 0 spiro atoms. The molecule has 1 heterocycles. The number of hydrogen-bond donors (Lipinski definition) is 0. The highest BCUT2D eigenvalue weighted by atomic mass is 35.5. The predicted octanol–water partition coefficient (Wildman–Crippen LogP) is 4.10. The number of methoxy groups -OCH3 is 1. The molecule has 0 amide bonds. The molecule has 0 atom stereocenters. The van der Waals surface area contributed by atoms with Gasteiger partial charge in [0.25, 0.3) is 0 Å².